The highest BCUT2D eigenvalue weighted by molar-refractivity contribution is 5.85. The van der Waals surface area contributed by atoms with Gasteiger partial charge in [0.05, 0.1) is 0 Å². The molecule has 4 heteroatoms. The third kappa shape index (κ3) is 3.22. The Kier molecular flexibility index (Phi) is 4.77. The van der Waals surface area contributed by atoms with Gasteiger partial charge >= 0.3 is 5.97 Å². The first kappa shape index (κ1) is 13.0. The highest BCUT2D eigenvalue weighted by atomic mass is 16.4. The largest absolute Gasteiger partial charge is 0.480 e. The van der Waals surface area contributed by atoms with Gasteiger partial charge in [-0.05, 0) is 18.8 Å². The molecule has 0 saturated heterocycles. The fourth-order valence-electron chi connectivity index (χ4n) is 2.14. The van der Waals surface area contributed by atoms with E-state index in [-0.39, 0.29) is 17.7 Å². The Morgan fingerprint density at radius 3 is 2.38 bits per heavy atom. The second-order valence-electron chi connectivity index (χ2n) is 4.69. The van der Waals surface area contributed by atoms with Crippen LogP contribution in [0.3, 0.4) is 0 Å². The Bertz CT molecular complexity index is 259. The Hall–Kier alpha value is -1.06. The van der Waals surface area contributed by atoms with Crippen molar-refractivity contribution in [3.8, 4) is 0 Å². The van der Waals surface area contributed by atoms with E-state index in [1.54, 1.807) is 0 Å². The van der Waals surface area contributed by atoms with Gasteiger partial charge in [-0.3, -0.25) is 4.79 Å². The number of carboxylic acid groups (broad SMARTS) is 1. The van der Waals surface area contributed by atoms with E-state index >= 15 is 0 Å². The van der Waals surface area contributed by atoms with Crippen LogP contribution in [0, 0.1) is 11.8 Å². The van der Waals surface area contributed by atoms with Gasteiger partial charge in [-0.15, -0.1) is 0 Å². The lowest BCUT2D eigenvalue weighted by Crippen LogP contribution is -2.46. The summed E-state index contributed by atoms with van der Waals surface area (Å²) in [5, 5.41) is 11.7. The topological polar surface area (TPSA) is 66.4 Å². The molecule has 0 aromatic heterocycles. The Balaban J connectivity index is 2.53. The van der Waals surface area contributed by atoms with E-state index in [1.807, 2.05) is 13.8 Å². The number of rotatable bonds is 5. The summed E-state index contributed by atoms with van der Waals surface area (Å²) in [4.78, 5) is 22.8. The lowest BCUT2D eigenvalue weighted by Gasteiger charge is -2.21. The molecule has 0 unspecified atom stereocenters. The maximum absolute atomic E-state index is 11.8. The first-order valence-corrected chi connectivity index (χ1v) is 6.09. The molecule has 0 spiro atoms. The smallest absolute Gasteiger partial charge is 0.326 e. The van der Waals surface area contributed by atoms with Crippen LogP contribution in [0.2, 0.25) is 0 Å². The summed E-state index contributed by atoms with van der Waals surface area (Å²) < 4.78 is 0. The van der Waals surface area contributed by atoms with E-state index < -0.39 is 12.0 Å². The zero-order valence-electron chi connectivity index (χ0n) is 10.0. The van der Waals surface area contributed by atoms with Crippen LogP contribution in [0.25, 0.3) is 0 Å². The third-order valence-corrected chi connectivity index (χ3v) is 3.50. The number of nitrogens with one attached hydrogen (secondary N) is 1. The van der Waals surface area contributed by atoms with Crippen LogP contribution in [-0.4, -0.2) is 23.0 Å². The molecule has 0 aliphatic heterocycles. The summed E-state index contributed by atoms with van der Waals surface area (Å²) in [5.41, 5.74) is 0. The molecule has 1 aliphatic rings. The SMILES string of the molecule is CC[C@H](C)[C@H](NC(=O)C1CCCC1)C(=O)O. The molecule has 4 nitrogen and oxygen atoms in total. The van der Waals surface area contributed by atoms with Crippen molar-refractivity contribution in [2.45, 2.75) is 52.0 Å². The predicted octanol–water partition coefficient (Wildman–Crippen LogP) is 1.79. The fourth-order valence-corrected chi connectivity index (χ4v) is 2.14. The van der Waals surface area contributed by atoms with E-state index in [9.17, 15) is 9.59 Å². The molecule has 2 N–H and O–H groups in total. The molecule has 1 saturated carbocycles. The van der Waals surface area contributed by atoms with Crippen LogP contribution in [0.5, 0.6) is 0 Å². The molecule has 0 radical (unpaired) electrons. The highest BCUT2D eigenvalue weighted by Gasteiger charge is 2.29. The highest BCUT2D eigenvalue weighted by Crippen LogP contribution is 2.25. The molecular weight excluding hydrogens is 206 g/mol. The van der Waals surface area contributed by atoms with Crippen molar-refractivity contribution in [3.05, 3.63) is 0 Å². The normalized spacial score (nSPS) is 20.4. The van der Waals surface area contributed by atoms with Gasteiger partial charge in [-0.25, -0.2) is 4.79 Å². The second kappa shape index (κ2) is 5.87. The summed E-state index contributed by atoms with van der Waals surface area (Å²) in [5.74, 6) is -1.00. The molecule has 0 aromatic rings. The molecule has 1 amide bonds. The lowest BCUT2D eigenvalue weighted by atomic mass is 9.98. The van der Waals surface area contributed by atoms with Crippen molar-refractivity contribution >= 4 is 11.9 Å². The third-order valence-electron chi connectivity index (χ3n) is 3.50. The maximum atomic E-state index is 11.8. The van der Waals surface area contributed by atoms with Gasteiger partial charge in [0.15, 0.2) is 0 Å². The number of aliphatic carboxylic acids is 1. The first-order valence-electron chi connectivity index (χ1n) is 6.09. The average molecular weight is 227 g/mol. The van der Waals surface area contributed by atoms with Gasteiger partial charge in [0.25, 0.3) is 0 Å². The van der Waals surface area contributed by atoms with Gasteiger partial charge in [-0.2, -0.15) is 0 Å². The number of carbonyl (C=O) groups is 2. The van der Waals surface area contributed by atoms with Crippen LogP contribution in [0.4, 0.5) is 0 Å². The monoisotopic (exact) mass is 227 g/mol. The van der Waals surface area contributed by atoms with Gasteiger partial charge in [0, 0.05) is 5.92 Å². The van der Waals surface area contributed by atoms with Crippen LogP contribution >= 0.6 is 0 Å². The molecule has 0 heterocycles. The number of hydrogen-bond donors (Lipinski definition) is 2. The van der Waals surface area contributed by atoms with E-state index in [0.29, 0.717) is 0 Å². The molecule has 2 atom stereocenters. The molecule has 1 fully saturated rings. The molecule has 0 bridgehead atoms. The quantitative estimate of drug-likeness (QED) is 0.752. The Morgan fingerprint density at radius 1 is 1.38 bits per heavy atom. The van der Waals surface area contributed by atoms with Gasteiger partial charge in [0.1, 0.15) is 6.04 Å². The van der Waals surface area contributed by atoms with Crippen LogP contribution < -0.4 is 5.32 Å². The van der Waals surface area contributed by atoms with Crippen LogP contribution in [0.1, 0.15) is 46.0 Å². The van der Waals surface area contributed by atoms with Crippen molar-refractivity contribution in [2.24, 2.45) is 11.8 Å². The maximum Gasteiger partial charge on any atom is 0.326 e. The van der Waals surface area contributed by atoms with Crippen molar-refractivity contribution < 1.29 is 14.7 Å². The molecule has 1 rings (SSSR count). The van der Waals surface area contributed by atoms with Crippen LogP contribution in [-0.2, 0) is 9.59 Å². The summed E-state index contributed by atoms with van der Waals surface area (Å²) in [6, 6.07) is -0.738. The van der Waals surface area contributed by atoms with Gasteiger partial charge in [0.2, 0.25) is 5.91 Å². The minimum absolute atomic E-state index is 0.0251. The van der Waals surface area contributed by atoms with Crippen LogP contribution in [0.15, 0.2) is 0 Å². The summed E-state index contributed by atoms with van der Waals surface area (Å²) >= 11 is 0. The zero-order chi connectivity index (χ0) is 12.1. The minimum atomic E-state index is -0.930. The van der Waals surface area contributed by atoms with Crippen molar-refractivity contribution in [1.82, 2.24) is 5.32 Å². The molecular formula is C12H21NO3. The lowest BCUT2D eigenvalue weighted by molar-refractivity contribution is -0.144. The Morgan fingerprint density at radius 2 is 1.94 bits per heavy atom. The predicted molar refractivity (Wildman–Crippen MR) is 61.0 cm³/mol. The molecule has 0 aromatic carbocycles. The number of hydrogen-bond acceptors (Lipinski definition) is 2. The average Bonchev–Trinajstić information content (AvgIpc) is 2.77. The first-order chi connectivity index (χ1) is 7.56. The van der Waals surface area contributed by atoms with Gasteiger partial charge < -0.3 is 10.4 Å². The molecule has 16 heavy (non-hydrogen) atoms. The summed E-state index contributed by atoms with van der Waals surface area (Å²) in [6.45, 7) is 3.79. The van der Waals surface area contributed by atoms with E-state index in [2.05, 4.69) is 5.32 Å². The Labute approximate surface area is 96.4 Å². The zero-order valence-corrected chi connectivity index (χ0v) is 10.0. The van der Waals surface area contributed by atoms with E-state index in [4.69, 9.17) is 5.11 Å². The summed E-state index contributed by atoms with van der Waals surface area (Å²) in [7, 11) is 0. The second-order valence-corrected chi connectivity index (χ2v) is 4.69. The standard InChI is InChI=1S/C12H21NO3/c1-3-8(2)10(12(15)16)13-11(14)9-6-4-5-7-9/h8-10H,3-7H2,1-2H3,(H,13,14)(H,15,16)/t8-,10-/m0/s1. The molecule has 1 aliphatic carbocycles. The molecule has 92 valence electrons. The van der Waals surface area contributed by atoms with Crippen molar-refractivity contribution in [2.75, 3.05) is 0 Å². The summed E-state index contributed by atoms with van der Waals surface area (Å²) in [6.07, 6.45) is 4.72. The number of carboxylic acids is 1. The fraction of sp³-hybridized carbons (Fsp3) is 0.833. The van der Waals surface area contributed by atoms with Gasteiger partial charge in [-0.1, -0.05) is 33.1 Å². The van der Waals surface area contributed by atoms with E-state index in [0.717, 1.165) is 32.1 Å². The number of carbonyl (C=O) groups excluding carboxylic acids is 1. The van der Waals surface area contributed by atoms with Crippen molar-refractivity contribution in [3.63, 3.8) is 0 Å². The van der Waals surface area contributed by atoms with E-state index in [1.165, 1.54) is 0 Å². The minimum Gasteiger partial charge on any atom is -0.480 e. The number of amides is 1. The van der Waals surface area contributed by atoms with Crippen molar-refractivity contribution in [1.29, 1.82) is 0 Å².